The maximum atomic E-state index is 12.4. The minimum Gasteiger partial charge on any atom is -0.381 e. The number of halogens is 2. The molecule has 4 nitrogen and oxygen atoms in total. The highest BCUT2D eigenvalue weighted by atomic mass is 35.5. The van der Waals surface area contributed by atoms with Gasteiger partial charge in [0.1, 0.15) is 0 Å². The van der Waals surface area contributed by atoms with Crippen LogP contribution in [0.15, 0.2) is 18.2 Å². The van der Waals surface area contributed by atoms with E-state index in [9.17, 15) is 4.79 Å². The molecule has 1 heterocycles. The van der Waals surface area contributed by atoms with Gasteiger partial charge >= 0.3 is 0 Å². The Balaban J connectivity index is 2.02. The van der Waals surface area contributed by atoms with E-state index in [0.29, 0.717) is 29.8 Å². The van der Waals surface area contributed by atoms with Gasteiger partial charge in [0, 0.05) is 42.4 Å². The van der Waals surface area contributed by atoms with Gasteiger partial charge in [0.25, 0.3) is 0 Å². The third-order valence-electron chi connectivity index (χ3n) is 3.89. The second-order valence-electron chi connectivity index (χ2n) is 5.37. The third kappa shape index (κ3) is 4.10. The largest absolute Gasteiger partial charge is 0.381 e. The first-order valence-electron chi connectivity index (χ1n) is 7.02. The molecule has 0 bridgehead atoms. The van der Waals surface area contributed by atoms with Crippen molar-refractivity contribution in [2.45, 2.75) is 25.4 Å². The van der Waals surface area contributed by atoms with Gasteiger partial charge in [0.05, 0.1) is 6.04 Å². The van der Waals surface area contributed by atoms with E-state index < -0.39 is 6.04 Å². The predicted octanol–water partition coefficient (Wildman–Crippen LogP) is 2.71. The Morgan fingerprint density at radius 3 is 2.52 bits per heavy atom. The molecule has 1 amide bonds. The summed E-state index contributed by atoms with van der Waals surface area (Å²) in [6.45, 7) is 1.70. The Morgan fingerprint density at radius 2 is 1.95 bits per heavy atom. The van der Waals surface area contributed by atoms with E-state index in [0.717, 1.165) is 18.4 Å². The van der Waals surface area contributed by atoms with E-state index in [-0.39, 0.29) is 11.8 Å². The molecule has 0 saturated carbocycles. The normalized spacial score (nSPS) is 17.5. The summed E-state index contributed by atoms with van der Waals surface area (Å²) in [5.41, 5.74) is 6.86. The topological polar surface area (TPSA) is 55.6 Å². The molecule has 1 fully saturated rings. The fraction of sp³-hybridized carbons (Fsp3) is 0.533. The van der Waals surface area contributed by atoms with Crippen molar-refractivity contribution in [2.75, 3.05) is 20.3 Å². The van der Waals surface area contributed by atoms with Crippen LogP contribution in [0.5, 0.6) is 0 Å². The predicted molar refractivity (Wildman–Crippen MR) is 84.5 cm³/mol. The van der Waals surface area contributed by atoms with Crippen molar-refractivity contribution in [3.8, 4) is 0 Å². The molecule has 1 unspecified atom stereocenters. The van der Waals surface area contributed by atoms with Crippen LogP contribution < -0.4 is 5.73 Å². The zero-order valence-corrected chi connectivity index (χ0v) is 13.5. The molecule has 1 aliphatic rings. The smallest absolute Gasteiger partial charge is 0.239 e. The molecule has 116 valence electrons. The van der Waals surface area contributed by atoms with Crippen LogP contribution in [-0.4, -0.2) is 37.1 Å². The minimum absolute atomic E-state index is 0.0853. The lowest BCUT2D eigenvalue weighted by Gasteiger charge is -2.30. The van der Waals surface area contributed by atoms with Gasteiger partial charge in [-0.2, -0.15) is 0 Å². The minimum atomic E-state index is -0.500. The Hall–Kier alpha value is -0.810. The Labute approximate surface area is 135 Å². The second-order valence-corrected chi connectivity index (χ2v) is 6.18. The van der Waals surface area contributed by atoms with E-state index in [2.05, 4.69) is 0 Å². The van der Waals surface area contributed by atoms with E-state index in [1.54, 1.807) is 30.1 Å². The van der Waals surface area contributed by atoms with Gasteiger partial charge in [-0.3, -0.25) is 4.79 Å². The molecule has 1 aromatic carbocycles. The fourth-order valence-corrected chi connectivity index (χ4v) is 3.05. The number of nitrogens with two attached hydrogens (primary N) is 1. The SMILES string of the molecule is CN(Cc1c(Cl)cccc1Cl)C(=O)C(N)C1CCOCC1. The van der Waals surface area contributed by atoms with Gasteiger partial charge in [-0.05, 0) is 30.9 Å². The summed E-state index contributed by atoms with van der Waals surface area (Å²) in [5.74, 6) is 0.0910. The van der Waals surface area contributed by atoms with Crippen LogP contribution in [0, 0.1) is 5.92 Å². The van der Waals surface area contributed by atoms with Gasteiger partial charge < -0.3 is 15.4 Å². The van der Waals surface area contributed by atoms with Crippen molar-refractivity contribution in [3.05, 3.63) is 33.8 Å². The lowest BCUT2D eigenvalue weighted by atomic mass is 9.91. The van der Waals surface area contributed by atoms with Crippen LogP contribution >= 0.6 is 23.2 Å². The average molecular weight is 331 g/mol. The number of carbonyl (C=O) groups is 1. The third-order valence-corrected chi connectivity index (χ3v) is 4.60. The molecule has 1 atom stereocenters. The summed E-state index contributed by atoms with van der Waals surface area (Å²) in [5, 5.41) is 1.11. The van der Waals surface area contributed by atoms with Gasteiger partial charge in [0.15, 0.2) is 0 Å². The van der Waals surface area contributed by atoms with Crippen LogP contribution in [0.1, 0.15) is 18.4 Å². The molecule has 0 aliphatic carbocycles. The first-order valence-corrected chi connectivity index (χ1v) is 7.77. The van der Waals surface area contributed by atoms with Crippen LogP contribution in [0.3, 0.4) is 0 Å². The molecule has 1 aromatic rings. The molecular formula is C15H20Cl2N2O2. The number of rotatable bonds is 4. The van der Waals surface area contributed by atoms with Gasteiger partial charge in [-0.25, -0.2) is 0 Å². The zero-order valence-electron chi connectivity index (χ0n) is 12.0. The van der Waals surface area contributed by atoms with Crippen LogP contribution in [0.2, 0.25) is 10.0 Å². The number of nitrogens with zero attached hydrogens (tertiary/aromatic N) is 1. The van der Waals surface area contributed by atoms with E-state index in [1.807, 2.05) is 0 Å². The summed E-state index contributed by atoms with van der Waals surface area (Å²) in [7, 11) is 1.72. The van der Waals surface area contributed by atoms with Crippen LogP contribution in [-0.2, 0) is 16.1 Å². The molecule has 1 aliphatic heterocycles. The highest BCUT2D eigenvalue weighted by molar-refractivity contribution is 6.36. The number of likely N-dealkylation sites (N-methyl/N-ethyl adjacent to an activating group) is 1. The van der Waals surface area contributed by atoms with Crippen LogP contribution in [0.4, 0.5) is 0 Å². The average Bonchev–Trinajstić information content (AvgIpc) is 2.50. The van der Waals surface area contributed by atoms with E-state index in [1.165, 1.54) is 0 Å². The van der Waals surface area contributed by atoms with Crippen molar-refractivity contribution in [1.82, 2.24) is 4.90 Å². The van der Waals surface area contributed by atoms with Crippen molar-refractivity contribution in [3.63, 3.8) is 0 Å². The molecule has 1 saturated heterocycles. The molecule has 6 heteroatoms. The molecular weight excluding hydrogens is 311 g/mol. The highest BCUT2D eigenvalue weighted by Gasteiger charge is 2.29. The van der Waals surface area contributed by atoms with E-state index >= 15 is 0 Å². The summed E-state index contributed by atoms with van der Waals surface area (Å²) in [4.78, 5) is 14.0. The van der Waals surface area contributed by atoms with Crippen molar-refractivity contribution >= 4 is 29.1 Å². The Morgan fingerprint density at radius 1 is 1.38 bits per heavy atom. The number of hydrogen-bond donors (Lipinski definition) is 1. The van der Waals surface area contributed by atoms with Gasteiger partial charge in [0.2, 0.25) is 5.91 Å². The standard InChI is InChI=1S/C15H20Cl2N2O2/c1-19(9-11-12(16)3-2-4-13(11)17)15(20)14(18)10-5-7-21-8-6-10/h2-4,10,14H,5-9,18H2,1H3. The Kier molecular flexibility index (Phi) is 5.88. The fourth-order valence-electron chi connectivity index (χ4n) is 2.53. The number of hydrogen-bond acceptors (Lipinski definition) is 3. The molecule has 21 heavy (non-hydrogen) atoms. The highest BCUT2D eigenvalue weighted by Crippen LogP contribution is 2.26. The van der Waals surface area contributed by atoms with Gasteiger partial charge in [-0.15, -0.1) is 0 Å². The maximum Gasteiger partial charge on any atom is 0.239 e. The first kappa shape index (κ1) is 16.6. The molecule has 2 rings (SSSR count). The lowest BCUT2D eigenvalue weighted by molar-refractivity contribution is -0.133. The molecule has 0 spiro atoms. The molecule has 0 aromatic heterocycles. The monoisotopic (exact) mass is 330 g/mol. The zero-order chi connectivity index (χ0) is 15.4. The number of carbonyl (C=O) groups excluding carboxylic acids is 1. The van der Waals surface area contributed by atoms with Crippen molar-refractivity contribution in [1.29, 1.82) is 0 Å². The Bertz CT molecular complexity index is 484. The number of ether oxygens (including phenoxy) is 1. The molecule has 2 N–H and O–H groups in total. The number of amides is 1. The van der Waals surface area contributed by atoms with Crippen molar-refractivity contribution < 1.29 is 9.53 Å². The maximum absolute atomic E-state index is 12.4. The summed E-state index contributed by atoms with van der Waals surface area (Å²) >= 11 is 12.3. The summed E-state index contributed by atoms with van der Waals surface area (Å²) in [6.07, 6.45) is 1.65. The summed E-state index contributed by atoms with van der Waals surface area (Å²) in [6, 6.07) is 4.81. The first-order chi connectivity index (χ1) is 10.0. The number of benzene rings is 1. The van der Waals surface area contributed by atoms with Crippen molar-refractivity contribution in [2.24, 2.45) is 11.7 Å². The van der Waals surface area contributed by atoms with Gasteiger partial charge in [-0.1, -0.05) is 29.3 Å². The summed E-state index contributed by atoms with van der Waals surface area (Å²) < 4.78 is 5.30. The van der Waals surface area contributed by atoms with E-state index in [4.69, 9.17) is 33.7 Å². The molecule has 0 radical (unpaired) electrons. The van der Waals surface area contributed by atoms with Crippen LogP contribution in [0.25, 0.3) is 0 Å². The quantitative estimate of drug-likeness (QED) is 0.923. The second kappa shape index (κ2) is 7.45. The lowest BCUT2D eigenvalue weighted by Crippen LogP contribution is -2.47.